The Labute approximate surface area is 165 Å². The van der Waals surface area contributed by atoms with Crippen molar-refractivity contribution in [2.45, 2.75) is 27.2 Å². The molecule has 0 fully saturated rings. The van der Waals surface area contributed by atoms with Crippen molar-refractivity contribution in [1.82, 2.24) is 15.7 Å². The Morgan fingerprint density at radius 1 is 1.37 bits per heavy atom. The SMILES string of the molecule is C/C=C\CN/N=C\C/C=C(\C)NC=Nc1c(C)sc2nccc(N(C)C)c12. The number of aliphatic imine (C=N–C) groups is 1. The van der Waals surface area contributed by atoms with Crippen LogP contribution in [0, 0.1) is 6.92 Å². The van der Waals surface area contributed by atoms with Crippen molar-refractivity contribution >= 4 is 45.5 Å². The zero-order chi connectivity index (χ0) is 19.6. The highest BCUT2D eigenvalue weighted by Gasteiger charge is 2.14. The van der Waals surface area contributed by atoms with Crippen LogP contribution in [-0.2, 0) is 0 Å². The largest absolute Gasteiger partial charge is 0.377 e. The Balaban J connectivity index is 2.02. The molecule has 0 saturated heterocycles. The molecule has 0 bridgehead atoms. The van der Waals surface area contributed by atoms with Gasteiger partial charge in [0.05, 0.1) is 29.6 Å². The fourth-order valence-corrected chi connectivity index (χ4v) is 3.42. The summed E-state index contributed by atoms with van der Waals surface area (Å²) in [7, 11) is 4.07. The molecular weight excluding hydrogens is 356 g/mol. The van der Waals surface area contributed by atoms with Gasteiger partial charge in [0.15, 0.2) is 0 Å². The van der Waals surface area contributed by atoms with Crippen LogP contribution in [0.5, 0.6) is 0 Å². The van der Waals surface area contributed by atoms with Gasteiger partial charge in [-0.1, -0.05) is 18.2 Å². The number of hydrogen-bond acceptors (Lipinski definition) is 6. The second-order valence-corrected chi connectivity index (χ2v) is 7.38. The number of nitrogens with zero attached hydrogens (tertiary/aromatic N) is 4. The average molecular weight is 385 g/mol. The molecule has 2 aromatic heterocycles. The van der Waals surface area contributed by atoms with Crippen LogP contribution in [0.25, 0.3) is 10.2 Å². The van der Waals surface area contributed by atoms with Crippen molar-refractivity contribution in [2.75, 3.05) is 25.5 Å². The van der Waals surface area contributed by atoms with Gasteiger partial charge in [-0.3, -0.25) is 0 Å². The molecule has 144 valence electrons. The average Bonchev–Trinajstić information content (AvgIpc) is 2.96. The van der Waals surface area contributed by atoms with E-state index in [-0.39, 0.29) is 0 Å². The van der Waals surface area contributed by atoms with E-state index in [1.54, 1.807) is 17.7 Å². The summed E-state index contributed by atoms with van der Waals surface area (Å²) in [6.45, 7) is 6.83. The Hall–Kier alpha value is -2.67. The second-order valence-electron chi connectivity index (χ2n) is 6.18. The molecule has 0 radical (unpaired) electrons. The minimum Gasteiger partial charge on any atom is -0.377 e. The van der Waals surface area contributed by atoms with Gasteiger partial charge < -0.3 is 15.6 Å². The number of rotatable bonds is 9. The number of fused-ring (bicyclic) bond motifs is 1. The molecule has 0 amide bonds. The number of pyridine rings is 1. The summed E-state index contributed by atoms with van der Waals surface area (Å²) >= 11 is 1.67. The fourth-order valence-electron chi connectivity index (χ4n) is 2.46. The van der Waals surface area contributed by atoms with E-state index in [1.807, 2.05) is 58.6 Å². The standard InChI is InChI=1S/C20H28N6S/c1-6-7-11-24-25-12-8-9-15(2)22-14-23-19-16(3)27-20-18(19)17(26(4)5)10-13-21-20/h6-7,9-10,12-14,24H,8,11H2,1-5H3,(H,22,23)/b7-6-,15-9+,25-12-. The third-order valence-corrected chi connectivity index (χ3v) is 4.84. The molecule has 2 heterocycles. The molecule has 6 nitrogen and oxygen atoms in total. The van der Waals surface area contributed by atoms with E-state index in [0.29, 0.717) is 0 Å². The highest BCUT2D eigenvalue weighted by atomic mass is 32.1. The second kappa shape index (κ2) is 10.5. The molecule has 2 N–H and O–H groups in total. The Bertz CT molecular complexity index is 861. The molecule has 0 aromatic carbocycles. The Morgan fingerprint density at radius 2 is 2.19 bits per heavy atom. The lowest BCUT2D eigenvalue weighted by Crippen LogP contribution is -2.09. The minimum atomic E-state index is 0.748. The summed E-state index contributed by atoms with van der Waals surface area (Å²) in [5, 5.41) is 8.45. The third-order valence-electron chi connectivity index (χ3n) is 3.84. The third kappa shape index (κ3) is 5.92. The monoisotopic (exact) mass is 384 g/mol. The number of aromatic nitrogens is 1. The van der Waals surface area contributed by atoms with Crippen LogP contribution >= 0.6 is 11.3 Å². The Kier molecular flexibility index (Phi) is 8.00. The lowest BCUT2D eigenvalue weighted by molar-refractivity contribution is 0.827. The van der Waals surface area contributed by atoms with Gasteiger partial charge in [0.2, 0.25) is 0 Å². The smallest absolute Gasteiger partial charge is 0.127 e. The van der Waals surface area contributed by atoms with E-state index < -0.39 is 0 Å². The van der Waals surface area contributed by atoms with Gasteiger partial charge in [0.1, 0.15) is 4.83 Å². The van der Waals surface area contributed by atoms with E-state index >= 15 is 0 Å². The summed E-state index contributed by atoms with van der Waals surface area (Å²) in [6, 6.07) is 2.02. The first-order valence-corrected chi connectivity index (χ1v) is 9.73. The predicted octanol–water partition coefficient (Wildman–Crippen LogP) is 4.37. The molecule has 0 atom stereocenters. The van der Waals surface area contributed by atoms with Gasteiger partial charge in [-0.2, -0.15) is 5.10 Å². The first-order valence-electron chi connectivity index (χ1n) is 8.91. The first kappa shape index (κ1) is 20.6. The molecule has 0 aliphatic heterocycles. The highest BCUT2D eigenvalue weighted by molar-refractivity contribution is 7.19. The van der Waals surface area contributed by atoms with Gasteiger partial charge in [-0.25, -0.2) is 9.98 Å². The maximum absolute atomic E-state index is 4.67. The van der Waals surface area contributed by atoms with Crippen LogP contribution in [0.15, 0.2) is 46.3 Å². The first-order chi connectivity index (χ1) is 13.0. The summed E-state index contributed by atoms with van der Waals surface area (Å²) in [5.41, 5.74) is 6.09. The minimum absolute atomic E-state index is 0.748. The maximum atomic E-state index is 4.67. The normalized spacial score (nSPS) is 12.7. The van der Waals surface area contributed by atoms with Crippen LogP contribution in [0.3, 0.4) is 0 Å². The van der Waals surface area contributed by atoms with Gasteiger partial charge in [-0.05, 0) is 26.8 Å². The molecule has 0 aliphatic carbocycles. The number of hydrogen-bond donors (Lipinski definition) is 2. The highest BCUT2D eigenvalue weighted by Crippen LogP contribution is 2.40. The van der Waals surface area contributed by atoms with Gasteiger partial charge in [0, 0.05) is 43.5 Å². The summed E-state index contributed by atoms with van der Waals surface area (Å²) in [5.74, 6) is 0. The zero-order valence-corrected chi connectivity index (χ0v) is 17.5. The number of allylic oxidation sites excluding steroid dienone is 3. The van der Waals surface area contributed by atoms with Gasteiger partial charge in [0.25, 0.3) is 0 Å². The summed E-state index contributed by atoms with van der Waals surface area (Å²) < 4.78 is 0. The molecule has 27 heavy (non-hydrogen) atoms. The molecular formula is C20H28N6S. The molecule has 2 rings (SSSR count). The molecule has 0 aliphatic rings. The quantitative estimate of drug-likeness (QED) is 0.222. The van der Waals surface area contributed by atoms with E-state index in [9.17, 15) is 0 Å². The van der Waals surface area contributed by atoms with E-state index in [4.69, 9.17) is 0 Å². The van der Waals surface area contributed by atoms with Crippen molar-refractivity contribution in [3.63, 3.8) is 0 Å². The van der Waals surface area contributed by atoms with Crippen molar-refractivity contribution < 1.29 is 0 Å². The fraction of sp³-hybridized carbons (Fsp3) is 0.350. The molecule has 0 saturated carbocycles. The van der Waals surface area contributed by atoms with Crippen molar-refractivity contribution in [2.24, 2.45) is 10.1 Å². The van der Waals surface area contributed by atoms with Crippen LogP contribution in [0.1, 0.15) is 25.1 Å². The van der Waals surface area contributed by atoms with Crippen LogP contribution in [0.2, 0.25) is 0 Å². The zero-order valence-electron chi connectivity index (χ0n) is 16.7. The van der Waals surface area contributed by atoms with Gasteiger partial charge in [-0.15, -0.1) is 11.3 Å². The number of hydrazone groups is 1. The van der Waals surface area contributed by atoms with Crippen LogP contribution in [-0.4, -0.2) is 38.2 Å². The Morgan fingerprint density at radius 3 is 2.93 bits per heavy atom. The van der Waals surface area contributed by atoms with Crippen LogP contribution < -0.4 is 15.6 Å². The van der Waals surface area contributed by atoms with Crippen molar-refractivity contribution in [3.05, 3.63) is 41.1 Å². The summed E-state index contributed by atoms with van der Waals surface area (Å²) in [4.78, 5) is 13.4. The molecule has 7 heteroatoms. The van der Waals surface area contributed by atoms with E-state index in [2.05, 4.69) is 43.7 Å². The van der Waals surface area contributed by atoms with Crippen LogP contribution in [0.4, 0.5) is 11.4 Å². The molecule has 2 aromatic rings. The van der Waals surface area contributed by atoms with Crippen molar-refractivity contribution in [1.29, 1.82) is 0 Å². The topological polar surface area (TPSA) is 64.9 Å². The molecule has 0 spiro atoms. The number of aryl methyl sites for hydroxylation is 1. The lowest BCUT2D eigenvalue weighted by atomic mass is 10.2. The van der Waals surface area contributed by atoms with E-state index in [0.717, 1.165) is 45.1 Å². The predicted molar refractivity (Wildman–Crippen MR) is 120 cm³/mol. The number of thiophene rings is 1. The maximum Gasteiger partial charge on any atom is 0.127 e. The summed E-state index contributed by atoms with van der Waals surface area (Å²) in [6.07, 6.45) is 12.3. The number of anilines is 1. The lowest BCUT2D eigenvalue weighted by Gasteiger charge is -2.13. The van der Waals surface area contributed by atoms with E-state index in [1.165, 1.54) is 0 Å². The number of nitrogens with one attached hydrogen (secondary N) is 2. The van der Waals surface area contributed by atoms with Gasteiger partial charge >= 0.3 is 0 Å². The molecule has 0 unspecified atom stereocenters. The van der Waals surface area contributed by atoms with Crippen molar-refractivity contribution in [3.8, 4) is 0 Å².